The Morgan fingerprint density at radius 3 is 2.42 bits per heavy atom. The lowest BCUT2D eigenvalue weighted by molar-refractivity contribution is 0.512. The number of thiophene rings is 1. The minimum Gasteiger partial charge on any atom is -0.454 e. The summed E-state index contributed by atoms with van der Waals surface area (Å²) in [6, 6.07) is 22.4. The van der Waals surface area contributed by atoms with Crippen molar-refractivity contribution in [2.75, 3.05) is 0 Å². The molecular weight excluding hydrogens is 336 g/mol. The Morgan fingerprint density at radius 2 is 1.67 bits per heavy atom. The van der Waals surface area contributed by atoms with E-state index in [1.165, 1.54) is 0 Å². The van der Waals surface area contributed by atoms with Crippen molar-refractivity contribution in [2.24, 2.45) is 0 Å². The van der Waals surface area contributed by atoms with E-state index >= 15 is 0 Å². The Kier molecular flexibility index (Phi) is 4.01. The van der Waals surface area contributed by atoms with Gasteiger partial charge in [-0.2, -0.15) is 0 Å². The van der Waals surface area contributed by atoms with Crippen LogP contribution in [0, 0.1) is 0 Å². The van der Waals surface area contributed by atoms with Crippen LogP contribution in [0.3, 0.4) is 0 Å². The van der Waals surface area contributed by atoms with Crippen molar-refractivity contribution < 1.29 is 4.74 Å². The highest BCUT2D eigenvalue weighted by Gasteiger charge is 2.29. The first kappa shape index (κ1) is 15.3. The van der Waals surface area contributed by atoms with E-state index in [9.17, 15) is 0 Å². The zero-order valence-electron chi connectivity index (χ0n) is 12.9. The molecule has 2 aromatic carbocycles. The van der Waals surface area contributed by atoms with Gasteiger partial charge in [0.05, 0.1) is 9.91 Å². The standard InChI is InChI=1S/C21H15ClOS/c1-14-19(15-8-3-2-4-9-15)16-10-5-6-11-17(16)23-21(20(14)22)18-12-7-13-24-18/h2-13,19H,1H2. The van der Waals surface area contributed by atoms with Gasteiger partial charge in [0, 0.05) is 11.5 Å². The van der Waals surface area contributed by atoms with E-state index in [1.807, 2.05) is 53.9 Å². The Labute approximate surface area is 150 Å². The van der Waals surface area contributed by atoms with Gasteiger partial charge in [0.15, 0.2) is 5.76 Å². The van der Waals surface area contributed by atoms with Crippen LogP contribution in [-0.2, 0) is 0 Å². The van der Waals surface area contributed by atoms with Gasteiger partial charge in [-0.3, -0.25) is 0 Å². The van der Waals surface area contributed by atoms with Crippen LogP contribution in [0.15, 0.2) is 89.3 Å². The number of ether oxygens (including phenoxy) is 1. The summed E-state index contributed by atoms with van der Waals surface area (Å²) in [7, 11) is 0. The second-order valence-electron chi connectivity index (χ2n) is 5.63. The fraction of sp³-hybridized carbons (Fsp3) is 0.0476. The summed E-state index contributed by atoms with van der Waals surface area (Å²) in [5, 5.41) is 2.60. The van der Waals surface area contributed by atoms with Crippen molar-refractivity contribution in [3.8, 4) is 5.75 Å². The van der Waals surface area contributed by atoms with Gasteiger partial charge in [-0.15, -0.1) is 11.3 Å². The van der Waals surface area contributed by atoms with Crippen molar-refractivity contribution in [1.82, 2.24) is 0 Å². The van der Waals surface area contributed by atoms with Crippen LogP contribution in [0.1, 0.15) is 21.9 Å². The molecule has 0 radical (unpaired) electrons. The fourth-order valence-corrected chi connectivity index (χ4v) is 4.04. The van der Waals surface area contributed by atoms with E-state index in [-0.39, 0.29) is 5.92 Å². The van der Waals surface area contributed by atoms with E-state index in [1.54, 1.807) is 11.3 Å². The van der Waals surface area contributed by atoms with Gasteiger partial charge in [-0.25, -0.2) is 0 Å². The third kappa shape index (κ3) is 2.58. The second kappa shape index (κ2) is 6.31. The fourth-order valence-electron chi connectivity index (χ4n) is 3.02. The predicted molar refractivity (Wildman–Crippen MR) is 102 cm³/mol. The van der Waals surface area contributed by atoms with Crippen LogP contribution < -0.4 is 4.74 Å². The average Bonchev–Trinajstić information content (AvgIpc) is 3.12. The number of hydrogen-bond donors (Lipinski definition) is 0. The van der Waals surface area contributed by atoms with Gasteiger partial charge in [0.2, 0.25) is 0 Å². The first-order valence-electron chi connectivity index (χ1n) is 7.70. The van der Waals surface area contributed by atoms with Crippen molar-refractivity contribution in [3.63, 3.8) is 0 Å². The van der Waals surface area contributed by atoms with Crippen molar-refractivity contribution in [2.45, 2.75) is 5.92 Å². The summed E-state index contributed by atoms with van der Waals surface area (Å²) in [4.78, 5) is 1.00. The van der Waals surface area contributed by atoms with E-state index in [4.69, 9.17) is 16.3 Å². The number of benzene rings is 2. The zero-order valence-corrected chi connectivity index (χ0v) is 14.5. The van der Waals surface area contributed by atoms with Crippen LogP contribution in [0.5, 0.6) is 5.75 Å². The van der Waals surface area contributed by atoms with Crippen LogP contribution in [0.2, 0.25) is 0 Å². The lowest BCUT2D eigenvalue weighted by Crippen LogP contribution is -2.03. The van der Waals surface area contributed by atoms with Gasteiger partial charge >= 0.3 is 0 Å². The maximum absolute atomic E-state index is 6.73. The Bertz CT molecular complexity index is 910. The molecule has 0 aliphatic carbocycles. The van der Waals surface area contributed by atoms with Crippen LogP contribution in [0.4, 0.5) is 0 Å². The summed E-state index contributed by atoms with van der Waals surface area (Å²) in [5.74, 6) is 1.49. The molecule has 0 amide bonds. The molecule has 1 aliphatic heterocycles. The quantitative estimate of drug-likeness (QED) is 0.517. The molecular formula is C21H15ClOS. The topological polar surface area (TPSA) is 9.23 Å². The summed E-state index contributed by atoms with van der Waals surface area (Å²) < 4.78 is 6.23. The van der Waals surface area contributed by atoms with Gasteiger partial charge < -0.3 is 4.74 Å². The highest BCUT2D eigenvalue weighted by molar-refractivity contribution is 7.11. The number of para-hydroxylation sites is 1. The number of allylic oxidation sites excluding steroid dienone is 2. The summed E-state index contributed by atoms with van der Waals surface area (Å²) in [6.45, 7) is 4.31. The predicted octanol–water partition coefficient (Wildman–Crippen LogP) is 6.44. The van der Waals surface area contributed by atoms with E-state index < -0.39 is 0 Å². The van der Waals surface area contributed by atoms with Gasteiger partial charge in [-0.05, 0) is 28.6 Å². The monoisotopic (exact) mass is 350 g/mol. The lowest BCUT2D eigenvalue weighted by Gasteiger charge is -2.19. The van der Waals surface area contributed by atoms with Gasteiger partial charge in [-0.1, -0.05) is 72.8 Å². The third-order valence-electron chi connectivity index (χ3n) is 4.15. The Morgan fingerprint density at radius 1 is 0.917 bits per heavy atom. The molecule has 0 bridgehead atoms. The Balaban J connectivity index is 1.94. The lowest BCUT2D eigenvalue weighted by atomic mass is 9.85. The molecule has 1 aliphatic rings. The van der Waals surface area contributed by atoms with Crippen molar-refractivity contribution in [3.05, 3.63) is 105 Å². The number of fused-ring (bicyclic) bond motifs is 1. The minimum absolute atomic E-state index is 0.0210. The number of hydrogen-bond acceptors (Lipinski definition) is 2. The molecule has 118 valence electrons. The largest absolute Gasteiger partial charge is 0.454 e. The number of rotatable bonds is 2. The third-order valence-corrected chi connectivity index (χ3v) is 5.43. The molecule has 0 saturated heterocycles. The first-order valence-corrected chi connectivity index (χ1v) is 8.96. The SMILES string of the molecule is C=C1C(Cl)=C(c2cccs2)Oc2ccccc2C1c1ccccc1. The van der Waals surface area contributed by atoms with Gasteiger partial charge in [0.1, 0.15) is 5.75 Å². The molecule has 0 saturated carbocycles. The molecule has 1 unspecified atom stereocenters. The van der Waals surface area contributed by atoms with Crippen LogP contribution >= 0.6 is 22.9 Å². The van der Waals surface area contributed by atoms with E-state index in [2.05, 4.69) is 24.8 Å². The molecule has 0 N–H and O–H groups in total. The molecule has 24 heavy (non-hydrogen) atoms. The van der Waals surface area contributed by atoms with E-state index in [0.717, 1.165) is 27.3 Å². The van der Waals surface area contributed by atoms with Crippen LogP contribution in [-0.4, -0.2) is 0 Å². The highest BCUT2D eigenvalue weighted by Crippen LogP contribution is 2.46. The molecule has 1 aromatic heterocycles. The average molecular weight is 351 g/mol. The number of halogens is 1. The van der Waals surface area contributed by atoms with Crippen molar-refractivity contribution in [1.29, 1.82) is 0 Å². The summed E-state index contributed by atoms with van der Waals surface area (Å²) >= 11 is 8.33. The normalized spacial score (nSPS) is 17.2. The maximum Gasteiger partial charge on any atom is 0.163 e. The molecule has 0 spiro atoms. The zero-order chi connectivity index (χ0) is 16.5. The molecule has 2 heterocycles. The molecule has 3 heteroatoms. The summed E-state index contributed by atoms with van der Waals surface area (Å²) in [6.07, 6.45) is 0. The molecule has 1 nitrogen and oxygen atoms in total. The van der Waals surface area contributed by atoms with E-state index in [0.29, 0.717) is 10.8 Å². The smallest absolute Gasteiger partial charge is 0.163 e. The Hall–Kier alpha value is -2.29. The van der Waals surface area contributed by atoms with Crippen molar-refractivity contribution >= 4 is 28.7 Å². The molecule has 0 fully saturated rings. The van der Waals surface area contributed by atoms with Gasteiger partial charge in [0.25, 0.3) is 0 Å². The highest BCUT2D eigenvalue weighted by atomic mass is 35.5. The second-order valence-corrected chi connectivity index (χ2v) is 6.95. The minimum atomic E-state index is -0.0210. The summed E-state index contributed by atoms with van der Waals surface area (Å²) in [5.41, 5.74) is 3.10. The molecule has 4 rings (SSSR count). The molecule has 1 atom stereocenters. The maximum atomic E-state index is 6.73. The van der Waals surface area contributed by atoms with Crippen LogP contribution in [0.25, 0.3) is 5.76 Å². The molecule has 3 aromatic rings. The first-order chi connectivity index (χ1) is 11.8.